The first kappa shape index (κ1) is 16.0. The first-order valence-corrected chi connectivity index (χ1v) is 7.54. The molecule has 2 N–H and O–H groups in total. The van der Waals surface area contributed by atoms with E-state index in [0.717, 1.165) is 0 Å². The summed E-state index contributed by atoms with van der Waals surface area (Å²) in [5.74, 6) is 0.632. The molecule has 1 amide bonds. The van der Waals surface area contributed by atoms with Gasteiger partial charge in [-0.25, -0.2) is 9.48 Å². The number of hydrogen-bond acceptors (Lipinski definition) is 4. The Hall–Kier alpha value is -2.83. The Bertz CT molecular complexity index is 835. The summed E-state index contributed by atoms with van der Waals surface area (Å²) in [4.78, 5) is 12.1. The maximum absolute atomic E-state index is 12.1. The molecule has 24 heavy (non-hydrogen) atoms. The Balaban J connectivity index is 1.89. The number of hydrogen-bond donors (Lipinski definition) is 2. The second kappa shape index (κ2) is 7.16. The van der Waals surface area contributed by atoms with E-state index in [0.29, 0.717) is 11.4 Å². The average molecular weight is 344 g/mol. The van der Waals surface area contributed by atoms with Crippen LogP contribution in [0.25, 0.3) is 5.69 Å². The Morgan fingerprint density at radius 3 is 2.38 bits per heavy atom. The molecule has 2 aromatic carbocycles. The van der Waals surface area contributed by atoms with Crippen LogP contribution < -0.4 is 10.1 Å². The number of rotatable bonds is 4. The molecule has 0 fully saturated rings. The lowest BCUT2D eigenvalue weighted by molar-refractivity contribution is 0.215. The van der Waals surface area contributed by atoms with Gasteiger partial charge in [0.15, 0.2) is 5.82 Å². The van der Waals surface area contributed by atoms with Gasteiger partial charge in [0.05, 0.1) is 12.3 Å². The van der Waals surface area contributed by atoms with Crippen molar-refractivity contribution in [3.63, 3.8) is 0 Å². The van der Waals surface area contributed by atoms with Gasteiger partial charge < -0.3 is 9.84 Å². The Morgan fingerprint density at radius 1 is 1.12 bits per heavy atom. The minimum atomic E-state index is -0.704. The number of anilines is 1. The van der Waals surface area contributed by atoms with Gasteiger partial charge in [-0.3, -0.25) is 5.32 Å². The van der Waals surface area contributed by atoms with Gasteiger partial charge in [0, 0.05) is 0 Å². The van der Waals surface area contributed by atoms with Gasteiger partial charge in [0.25, 0.3) is 0 Å². The number of carbonyl (C=O) groups excluding carboxylic acids is 1. The second-order valence-electron chi connectivity index (χ2n) is 4.84. The van der Waals surface area contributed by atoms with Crippen LogP contribution in [-0.4, -0.2) is 21.0 Å². The first-order chi connectivity index (χ1) is 11.7. The summed E-state index contributed by atoms with van der Waals surface area (Å²) in [5, 5.41) is 16.3. The van der Waals surface area contributed by atoms with E-state index in [9.17, 15) is 9.90 Å². The van der Waals surface area contributed by atoms with Crippen LogP contribution in [0.2, 0.25) is 5.02 Å². The largest absolute Gasteiger partial charge is 0.418 e. The van der Waals surface area contributed by atoms with Crippen molar-refractivity contribution >= 4 is 23.5 Å². The summed E-state index contributed by atoms with van der Waals surface area (Å²) >= 11 is 6.21. The number of benzene rings is 2. The maximum atomic E-state index is 12.1. The van der Waals surface area contributed by atoms with E-state index in [1.165, 1.54) is 4.68 Å². The van der Waals surface area contributed by atoms with Crippen molar-refractivity contribution in [2.75, 3.05) is 5.32 Å². The predicted molar refractivity (Wildman–Crippen MR) is 90.6 cm³/mol. The minimum absolute atomic E-state index is 0.159. The zero-order valence-corrected chi connectivity index (χ0v) is 13.3. The highest BCUT2D eigenvalue weighted by Crippen LogP contribution is 2.29. The molecule has 1 aromatic heterocycles. The normalized spacial score (nSPS) is 10.4. The highest BCUT2D eigenvalue weighted by Gasteiger charge is 2.19. The van der Waals surface area contributed by atoms with Crippen LogP contribution in [0.1, 0.15) is 5.69 Å². The number of nitrogens with zero attached hydrogens (tertiary/aromatic N) is 2. The smallest absolute Gasteiger partial charge is 0.410 e. The summed E-state index contributed by atoms with van der Waals surface area (Å²) in [6.07, 6.45) is -0.704. The molecule has 0 radical (unpaired) electrons. The predicted octanol–water partition coefficient (Wildman–Crippen LogP) is 3.63. The molecule has 6 nitrogen and oxygen atoms in total. The van der Waals surface area contributed by atoms with Crippen LogP contribution in [0.15, 0.2) is 60.7 Å². The molecule has 0 bridgehead atoms. The van der Waals surface area contributed by atoms with Crippen LogP contribution in [0.3, 0.4) is 0 Å². The molecular formula is C17H14ClN3O3. The number of aliphatic hydroxyl groups is 1. The van der Waals surface area contributed by atoms with Crippen LogP contribution >= 0.6 is 11.6 Å². The molecule has 0 atom stereocenters. The van der Waals surface area contributed by atoms with E-state index in [-0.39, 0.29) is 23.1 Å². The topological polar surface area (TPSA) is 76.4 Å². The molecule has 1 heterocycles. The highest BCUT2D eigenvalue weighted by molar-refractivity contribution is 6.34. The van der Waals surface area contributed by atoms with Crippen molar-refractivity contribution in [3.05, 3.63) is 71.4 Å². The molecular weight excluding hydrogens is 330 g/mol. The number of amides is 1. The average Bonchev–Trinajstić information content (AvgIpc) is 2.92. The lowest BCUT2D eigenvalue weighted by Gasteiger charge is -2.09. The number of halogens is 1. The standard InChI is InChI=1S/C17H14ClN3O3/c18-15-14(11-22)20-21(12-7-3-1-4-8-12)16(15)19-17(23)24-13-9-5-2-6-10-13/h1-10,22H,11H2,(H,19,23). The van der Waals surface area contributed by atoms with Crippen LogP contribution in [0, 0.1) is 0 Å². The van der Waals surface area contributed by atoms with Crippen LogP contribution in [-0.2, 0) is 6.61 Å². The Morgan fingerprint density at radius 2 is 1.75 bits per heavy atom. The summed E-state index contributed by atoms with van der Waals surface area (Å²) in [6, 6.07) is 17.8. The number of aromatic nitrogens is 2. The maximum Gasteiger partial charge on any atom is 0.418 e. The van der Waals surface area contributed by atoms with Crippen LogP contribution in [0.4, 0.5) is 10.6 Å². The van der Waals surface area contributed by atoms with Crippen molar-refractivity contribution in [1.29, 1.82) is 0 Å². The van der Waals surface area contributed by atoms with E-state index in [1.807, 2.05) is 24.3 Å². The highest BCUT2D eigenvalue weighted by atomic mass is 35.5. The Kier molecular flexibility index (Phi) is 4.79. The number of nitrogens with one attached hydrogen (secondary N) is 1. The van der Waals surface area contributed by atoms with E-state index in [2.05, 4.69) is 10.4 Å². The van der Waals surface area contributed by atoms with Gasteiger partial charge in [-0.1, -0.05) is 48.0 Å². The van der Waals surface area contributed by atoms with Gasteiger partial charge >= 0.3 is 6.09 Å². The molecule has 0 saturated heterocycles. The van der Waals surface area contributed by atoms with Gasteiger partial charge in [0.2, 0.25) is 0 Å². The van der Waals surface area contributed by atoms with Gasteiger partial charge in [-0.05, 0) is 24.3 Å². The molecule has 3 rings (SSSR count). The first-order valence-electron chi connectivity index (χ1n) is 7.16. The zero-order chi connectivity index (χ0) is 16.9. The third kappa shape index (κ3) is 3.40. The SMILES string of the molecule is O=C(Nc1c(Cl)c(CO)nn1-c1ccccc1)Oc1ccccc1. The molecule has 7 heteroatoms. The van der Waals surface area contributed by atoms with Gasteiger partial charge in [0.1, 0.15) is 16.5 Å². The third-order valence-corrected chi connectivity index (χ3v) is 3.62. The summed E-state index contributed by atoms with van der Waals surface area (Å²) in [6.45, 7) is -0.346. The second-order valence-corrected chi connectivity index (χ2v) is 5.22. The van der Waals surface area contributed by atoms with Gasteiger partial charge in [-0.2, -0.15) is 5.10 Å². The molecule has 0 aliphatic carbocycles. The summed E-state index contributed by atoms with van der Waals surface area (Å²) < 4.78 is 6.64. The minimum Gasteiger partial charge on any atom is -0.410 e. The van der Waals surface area contributed by atoms with E-state index in [4.69, 9.17) is 16.3 Å². The molecule has 0 aliphatic rings. The van der Waals surface area contributed by atoms with Crippen molar-refractivity contribution in [2.45, 2.75) is 6.61 Å². The van der Waals surface area contributed by atoms with E-state index >= 15 is 0 Å². The fourth-order valence-electron chi connectivity index (χ4n) is 2.13. The summed E-state index contributed by atoms with van der Waals surface area (Å²) in [7, 11) is 0. The monoisotopic (exact) mass is 343 g/mol. The Labute approximate surface area is 143 Å². The number of para-hydroxylation sites is 2. The van der Waals surface area contributed by atoms with E-state index < -0.39 is 6.09 Å². The fraction of sp³-hybridized carbons (Fsp3) is 0.0588. The molecule has 122 valence electrons. The van der Waals surface area contributed by atoms with Crippen molar-refractivity contribution < 1.29 is 14.6 Å². The van der Waals surface area contributed by atoms with Gasteiger partial charge in [-0.15, -0.1) is 0 Å². The van der Waals surface area contributed by atoms with Crippen molar-refractivity contribution in [2.24, 2.45) is 0 Å². The molecule has 0 aliphatic heterocycles. The van der Waals surface area contributed by atoms with E-state index in [1.54, 1.807) is 36.4 Å². The fourth-order valence-corrected chi connectivity index (χ4v) is 2.35. The van der Waals surface area contributed by atoms with Crippen molar-refractivity contribution in [3.8, 4) is 11.4 Å². The quantitative estimate of drug-likeness (QED) is 0.758. The number of carbonyl (C=O) groups is 1. The summed E-state index contributed by atoms with van der Waals surface area (Å²) in [5.41, 5.74) is 0.949. The molecule has 0 unspecified atom stereocenters. The zero-order valence-electron chi connectivity index (χ0n) is 12.5. The van der Waals surface area contributed by atoms with Crippen molar-refractivity contribution in [1.82, 2.24) is 9.78 Å². The lowest BCUT2D eigenvalue weighted by Crippen LogP contribution is -2.19. The lowest BCUT2D eigenvalue weighted by atomic mass is 10.3. The molecule has 0 spiro atoms. The molecule has 3 aromatic rings. The number of ether oxygens (including phenoxy) is 1. The third-order valence-electron chi connectivity index (χ3n) is 3.22. The molecule has 0 saturated carbocycles. The van der Waals surface area contributed by atoms with Crippen LogP contribution in [0.5, 0.6) is 5.75 Å². The number of aliphatic hydroxyl groups excluding tert-OH is 1.